The smallest absolute Gasteiger partial charge is 0.221 e. The molecule has 1 aliphatic heterocycles. The summed E-state index contributed by atoms with van der Waals surface area (Å²) in [4.78, 5) is 0. The van der Waals surface area contributed by atoms with E-state index in [-0.39, 0.29) is 6.61 Å². The summed E-state index contributed by atoms with van der Waals surface area (Å²) in [6, 6.07) is 0. The average molecular weight is 150 g/mol. The van der Waals surface area contributed by atoms with Crippen LogP contribution in [0.3, 0.4) is 0 Å². The van der Waals surface area contributed by atoms with Crippen molar-refractivity contribution in [3.63, 3.8) is 0 Å². The molecule has 0 bridgehead atoms. The van der Waals surface area contributed by atoms with Gasteiger partial charge < -0.3 is 25.2 Å². The van der Waals surface area contributed by atoms with Gasteiger partial charge in [-0.2, -0.15) is 0 Å². The molecule has 1 rings (SSSR count). The summed E-state index contributed by atoms with van der Waals surface area (Å²) in [6.45, 7) is -0.664. The van der Waals surface area contributed by atoms with Gasteiger partial charge in [-0.05, 0) is 0 Å². The summed E-state index contributed by atoms with van der Waals surface area (Å²) in [5, 5.41) is 35.2. The molecule has 4 N–H and O–H groups in total. The van der Waals surface area contributed by atoms with Crippen LogP contribution in [0.25, 0.3) is 0 Å². The van der Waals surface area contributed by atoms with Gasteiger partial charge in [-0.15, -0.1) is 0 Å². The fourth-order valence-corrected chi connectivity index (χ4v) is 0.854. The number of ether oxygens (including phenoxy) is 1. The predicted molar refractivity (Wildman–Crippen MR) is 30.0 cm³/mol. The zero-order chi connectivity index (χ0) is 7.78. The SMILES string of the molecule is OC[C@H]1OC[C@H](O)C1(O)O. The standard InChI is InChI=1S/C5H10O5/c6-1-4-5(8,9)3(7)2-10-4/h3-4,6-9H,1-2H2/t3-,4+/m0/s1. The number of rotatable bonds is 1. The minimum absolute atomic E-state index is 0.155. The number of hydrogen-bond donors (Lipinski definition) is 4. The lowest BCUT2D eigenvalue weighted by Gasteiger charge is -2.22. The molecule has 1 fully saturated rings. The van der Waals surface area contributed by atoms with Crippen molar-refractivity contribution in [2.24, 2.45) is 0 Å². The van der Waals surface area contributed by atoms with E-state index in [2.05, 4.69) is 4.74 Å². The third-order valence-corrected chi connectivity index (χ3v) is 1.59. The number of aliphatic hydroxyl groups excluding tert-OH is 2. The Morgan fingerprint density at radius 1 is 1.50 bits per heavy atom. The van der Waals surface area contributed by atoms with Gasteiger partial charge in [0.2, 0.25) is 5.79 Å². The Hall–Kier alpha value is -0.200. The first-order valence-corrected chi connectivity index (χ1v) is 2.94. The van der Waals surface area contributed by atoms with Crippen LogP contribution >= 0.6 is 0 Å². The highest BCUT2D eigenvalue weighted by Crippen LogP contribution is 2.22. The third-order valence-electron chi connectivity index (χ3n) is 1.59. The van der Waals surface area contributed by atoms with Crippen LogP contribution in [0.5, 0.6) is 0 Å². The minimum atomic E-state index is -2.30. The number of aliphatic hydroxyl groups is 4. The summed E-state index contributed by atoms with van der Waals surface area (Å²) in [5.41, 5.74) is 0. The van der Waals surface area contributed by atoms with E-state index in [0.29, 0.717) is 0 Å². The molecule has 0 aromatic heterocycles. The van der Waals surface area contributed by atoms with E-state index in [1.165, 1.54) is 0 Å². The van der Waals surface area contributed by atoms with E-state index in [1.807, 2.05) is 0 Å². The summed E-state index contributed by atoms with van der Waals surface area (Å²) < 4.78 is 4.63. The van der Waals surface area contributed by atoms with Crippen molar-refractivity contribution >= 4 is 0 Å². The van der Waals surface area contributed by atoms with Crippen LogP contribution in [0, 0.1) is 0 Å². The molecule has 0 spiro atoms. The lowest BCUT2D eigenvalue weighted by Crippen LogP contribution is -2.48. The van der Waals surface area contributed by atoms with E-state index in [1.54, 1.807) is 0 Å². The van der Waals surface area contributed by atoms with Crippen LogP contribution in [0.15, 0.2) is 0 Å². The second-order valence-electron chi connectivity index (χ2n) is 2.30. The lowest BCUT2D eigenvalue weighted by atomic mass is 10.1. The second kappa shape index (κ2) is 2.44. The summed E-state index contributed by atoms with van der Waals surface area (Å²) >= 11 is 0. The van der Waals surface area contributed by atoms with Crippen molar-refractivity contribution in [2.75, 3.05) is 13.2 Å². The average Bonchev–Trinajstić information content (AvgIpc) is 2.10. The van der Waals surface area contributed by atoms with Gasteiger partial charge in [0, 0.05) is 0 Å². The van der Waals surface area contributed by atoms with Gasteiger partial charge in [0.1, 0.15) is 12.2 Å². The molecule has 60 valence electrons. The van der Waals surface area contributed by atoms with Gasteiger partial charge in [-0.1, -0.05) is 0 Å². The Balaban J connectivity index is 2.64. The third kappa shape index (κ3) is 1.02. The van der Waals surface area contributed by atoms with Crippen molar-refractivity contribution in [3.8, 4) is 0 Å². The predicted octanol–water partition coefficient (Wildman–Crippen LogP) is -2.58. The van der Waals surface area contributed by atoms with Crippen LogP contribution < -0.4 is 0 Å². The molecule has 0 aromatic rings. The molecule has 5 nitrogen and oxygen atoms in total. The molecule has 1 aliphatic rings. The summed E-state index contributed by atoms with van der Waals surface area (Å²) in [6.07, 6.45) is -2.42. The van der Waals surface area contributed by atoms with Crippen LogP contribution in [0.2, 0.25) is 0 Å². The quantitative estimate of drug-likeness (QED) is 0.308. The van der Waals surface area contributed by atoms with Gasteiger partial charge in [0.15, 0.2) is 0 Å². The summed E-state index contributed by atoms with van der Waals surface area (Å²) in [5.74, 6) is -2.30. The van der Waals surface area contributed by atoms with Gasteiger partial charge >= 0.3 is 0 Å². The van der Waals surface area contributed by atoms with Gasteiger partial charge in [-0.25, -0.2) is 0 Å². The maximum absolute atomic E-state index is 8.94. The Morgan fingerprint density at radius 2 is 2.10 bits per heavy atom. The van der Waals surface area contributed by atoms with Crippen molar-refractivity contribution in [2.45, 2.75) is 18.0 Å². The normalized spacial score (nSPS) is 38.4. The zero-order valence-electron chi connectivity index (χ0n) is 5.27. The minimum Gasteiger partial charge on any atom is -0.393 e. The molecule has 0 radical (unpaired) electrons. The maximum atomic E-state index is 8.94. The van der Waals surface area contributed by atoms with Crippen LogP contribution in [-0.4, -0.2) is 51.6 Å². The van der Waals surface area contributed by atoms with Crippen molar-refractivity contribution < 1.29 is 25.2 Å². The van der Waals surface area contributed by atoms with Crippen molar-refractivity contribution in [3.05, 3.63) is 0 Å². The monoisotopic (exact) mass is 150 g/mol. The molecule has 1 heterocycles. The molecular weight excluding hydrogens is 140 g/mol. The van der Waals surface area contributed by atoms with E-state index in [9.17, 15) is 0 Å². The molecular formula is C5H10O5. The molecule has 2 atom stereocenters. The van der Waals surface area contributed by atoms with Crippen LogP contribution in [0.4, 0.5) is 0 Å². The van der Waals surface area contributed by atoms with Gasteiger partial charge in [0.05, 0.1) is 13.2 Å². The Kier molecular flexibility index (Phi) is 1.93. The molecule has 0 unspecified atom stereocenters. The zero-order valence-corrected chi connectivity index (χ0v) is 5.27. The van der Waals surface area contributed by atoms with Crippen molar-refractivity contribution in [1.82, 2.24) is 0 Å². The van der Waals surface area contributed by atoms with E-state index in [0.717, 1.165) is 0 Å². The van der Waals surface area contributed by atoms with E-state index >= 15 is 0 Å². The molecule has 10 heavy (non-hydrogen) atoms. The highest BCUT2D eigenvalue weighted by molar-refractivity contribution is 4.89. The highest BCUT2D eigenvalue weighted by Gasteiger charge is 2.48. The van der Waals surface area contributed by atoms with Gasteiger partial charge in [0.25, 0.3) is 0 Å². The molecule has 1 saturated heterocycles. The summed E-state index contributed by atoms with van der Waals surface area (Å²) in [7, 11) is 0. The fourth-order valence-electron chi connectivity index (χ4n) is 0.854. The Labute approximate surface area is 57.5 Å². The molecule has 0 amide bonds. The number of hydrogen-bond acceptors (Lipinski definition) is 5. The van der Waals surface area contributed by atoms with E-state index < -0.39 is 24.6 Å². The first-order valence-electron chi connectivity index (χ1n) is 2.94. The molecule has 0 aliphatic carbocycles. The second-order valence-corrected chi connectivity index (χ2v) is 2.30. The Morgan fingerprint density at radius 3 is 2.30 bits per heavy atom. The molecule has 5 heteroatoms. The largest absolute Gasteiger partial charge is 0.393 e. The maximum Gasteiger partial charge on any atom is 0.221 e. The molecule has 0 aromatic carbocycles. The fraction of sp³-hybridized carbons (Fsp3) is 1.00. The van der Waals surface area contributed by atoms with Gasteiger partial charge in [-0.3, -0.25) is 0 Å². The highest BCUT2D eigenvalue weighted by atomic mass is 16.6. The first kappa shape index (κ1) is 7.90. The molecule has 0 saturated carbocycles. The van der Waals surface area contributed by atoms with Crippen LogP contribution in [0.1, 0.15) is 0 Å². The van der Waals surface area contributed by atoms with Crippen molar-refractivity contribution in [1.29, 1.82) is 0 Å². The first-order chi connectivity index (χ1) is 4.59. The van der Waals surface area contributed by atoms with E-state index in [4.69, 9.17) is 20.4 Å². The topological polar surface area (TPSA) is 90.2 Å². The van der Waals surface area contributed by atoms with Crippen LogP contribution in [-0.2, 0) is 4.74 Å². The Bertz CT molecular complexity index is 123. The lowest BCUT2D eigenvalue weighted by molar-refractivity contribution is -0.234.